The van der Waals surface area contributed by atoms with Crippen LogP contribution >= 0.6 is 0 Å². The van der Waals surface area contributed by atoms with E-state index in [9.17, 15) is 9.59 Å². The summed E-state index contributed by atoms with van der Waals surface area (Å²) < 4.78 is 32.5. The molecule has 1 unspecified atom stereocenters. The third-order valence-electron chi connectivity index (χ3n) is 5.19. The Morgan fingerprint density at radius 1 is 1.30 bits per heavy atom. The molecule has 30 heavy (non-hydrogen) atoms. The Morgan fingerprint density at radius 3 is 2.63 bits per heavy atom. The van der Waals surface area contributed by atoms with Crippen molar-refractivity contribution in [2.75, 3.05) is 24.7 Å². The van der Waals surface area contributed by atoms with Crippen LogP contribution < -0.4 is 11.1 Å². The fourth-order valence-corrected chi connectivity index (χ4v) is 3.64. The van der Waals surface area contributed by atoms with E-state index in [1.807, 2.05) is 0 Å². The number of nitrogens with one attached hydrogen (secondary N) is 1. The number of ether oxygens (including phenoxy) is 3. The predicted octanol–water partition coefficient (Wildman–Crippen LogP) is 1.67. The lowest BCUT2D eigenvalue weighted by atomic mass is 9.86. The van der Waals surface area contributed by atoms with Gasteiger partial charge in [0.1, 0.15) is 24.5 Å². The SMILES string of the molecule is CCC(=O)OC[C@H]1O[C@@H](C2C=Nc3c(NC)nc(N)nc32)[C@](C)(F)[C@@H]1OC(=O)CC. The molecule has 0 saturated carbocycles. The number of aliphatic imine (C=N–C) groups is 1. The molecule has 3 N–H and O–H groups in total. The minimum absolute atomic E-state index is 0.00884. The monoisotopic (exact) mass is 423 g/mol. The van der Waals surface area contributed by atoms with Gasteiger partial charge < -0.3 is 25.3 Å². The molecule has 1 saturated heterocycles. The van der Waals surface area contributed by atoms with Crippen LogP contribution in [0.2, 0.25) is 0 Å². The number of anilines is 2. The molecule has 3 rings (SSSR count). The number of nitrogens with two attached hydrogens (primary N) is 1. The molecular weight excluding hydrogens is 397 g/mol. The number of carbonyl (C=O) groups excluding carboxylic acids is 2. The molecule has 10 nitrogen and oxygen atoms in total. The minimum atomic E-state index is -2.11. The molecule has 1 fully saturated rings. The first-order valence-electron chi connectivity index (χ1n) is 9.81. The average Bonchev–Trinajstić information content (AvgIpc) is 3.23. The van der Waals surface area contributed by atoms with Gasteiger partial charge in [0.25, 0.3) is 0 Å². The topological polar surface area (TPSA) is 138 Å². The largest absolute Gasteiger partial charge is 0.463 e. The lowest BCUT2D eigenvalue weighted by molar-refractivity contribution is -0.161. The van der Waals surface area contributed by atoms with E-state index in [2.05, 4.69) is 20.3 Å². The summed E-state index contributed by atoms with van der Waals surface area (Å²) in [5, 5.41) is 2.88. The van der Waals surface area contributed by atoms with E-state index in [0.717, 1.165) is 0 Å². The number of rotatable bonds is 7. The van der Waals surface area contributed by atoms with Crippen LogP contribution in [-0.2, 0) is 23.8 Å². The van der Waals surface area contributed by atoms with E-state index in [1.54, 1.807) is 20.9 Å². The highest BCUT2D eigenvalue weighted by atomic mass is 19.1. The Kier molecular flexibility index (Phi) is 6.20. The summed E-state index contributed by atoms with van der Waals surface area (Å²) in [6, 6.07) is 0. The van der Waals surface area contributed by atoms with Crippen LogP contribution in [0.25, 0.3) is 0 Å². The van der Waals surface area contributed by atoms with Crippen molar-refractivity contribution in [2.24, 2.45) is 4.99 Å². The first-order chi connectivity index (χ1) is 14.2. The minimum Gasteiger partial charge on any atom is -0.463 e. The normalized spacial score (nSPS) is 29.5. The molecule has 164 valence electrons. The molecule has 1 aromatic heterocycles. The molecule has 0 radical (unpaired) electrons. The van der Waals surface area contributed by atoms with Gasteiger partial charge in [0, 0.05) is 26.1 Å². The molecule has 2 aliphatic rings. The number of carbonyl (C=O) groups is 2. The van der Waals surface area contributed by atoms with E-state index >= 15 is 4.39 Å². The molecule has 0 bridgehead atoms. The maximum absolute atomic E-state index is 16.0. The van der Waals surface area contributed by atoms with E-state index < -0.39 is 41.8 Å². The van der Waals surface area contributed by atoms with Crippen molar-refractivity contribution >= 4 is 35.6 Å². The highest BCUT2D eigenvalue weighted by molar-refractivity contribution is 5.85. The zero-order valence-electron chi connectivity index (χ0n) is 17.3. The Bertz CT molecular complexity index is 862. The van der Waals surface area contributed by atoms with Gasteiger partial charge in [0.15, 0.2) is 17.6 Å². The number of esters is 2. The van der Waals surface area contributed by atoms with Crippen LogP contribution in [0.15, 0.2) is 4.99 Å². The third kappa shape index (κ3) is 3.93. The second-order valence-corrected chi connectivity index (χ2v) is 7.27. The molecule has 3 heterocycles. The van der Waals surface area contributed by atoms with Gasteiger partial charge in [-0.3, -0.25) is 14.6 Å². The van der Waals surface area contributed by atoms with Crippen LogP contribution in [0.1, 0.15) is 45.2 Å². The fraction of sp³-hybridized carbons (Fsp3) is 0.632. The molecule has 11 heteroatoms. The molecule has 5 atom stereocenters. The number of nitrogen functional groups attached to an aromatic ring is 1. The van der Waals surface area contributed by atoms with Crippen LogP contribution in [-0.4, -0.2) is 65.8 Å². The summed E-state index contributed by atoms with van der Waals surface area (Å²) in [5.41, 5.74) is 4.54. The number of halogens is 1. The quantitative estimate of drug-likeness (QED) is 0.627. The maximum atomic E-state index is 16.0. The van der Waals surface area contributed by atoms with Gasteiger partial charge >= 0.3 is 11.9 Å². The van der Waals surface area contributed by atoms with E-state index in [-0.39, 0.29) is 25.4 Å². The second-order valence-electron chi connectivity index (χ2n) is 7.27. The van der Waals surface area contributed by atoms with Crippen molar-refractivity contribution in [1.82, 2.24) is 9.97 Å². The van der Waals surface area contributed by atoms with E-state index in [0.29, 0.717) is 17.2 Å². The van der Waals surface area contributed by atoms with Crippen molar-refractivity contribution in [3.05, 3.63) is 5.69 Å². The first-order valence-corrected chi connectivity index (χ1v) is 9.81. The van der Waals surface area contributed by atoms with Crippen LogP contribution in [0.5, 0.6) is 0 Å². The Balaban J connectivity index is 1.92. The van der Waals surface area contributed by atoms with Gasteiger partial charge in [0.05, 0.1) is 11.6 Å². The first kappa shape index (κ1) is 21.9. The van der Waals surface area contributed by atoms with Gasteiger partial charge in [-0.2, -0.15) is 4.98 Å². The second kappa shape index (κ2) is 8.50. The summed E-state index contributed by atoms with van der Waals surface area (Å²) in [4.78, 5) is 36.1. The molecular formula is C19H26FN5O5. The molecule has 1 aromatic rings. The molecule has 0 aromatic carbocycles. The number of aromatic nitrogens is 2. The Morgan fingerprint density at radius 2 is 2.00 bits per heavy atom. The zero-order valence-corrected chi connectivity index (χ0v) is 17.3. The molecule has 2 aliphatic heterocycles. The highest BCUT2D eigenvalue weighted by Gasteiger charge is 2.60. The van der Waals surface area contributed by atoms with E-state index in [4.69, 9.17) is 19.9 Å². The van der Waals surface area contributed by atoms with Gasteiger partial charge in [0.2, 0.25) is 5.95 Å². The maximum Gasteiger partial charge on any atom is 0.305 e. The van der Waals surface area contributed by atoms with Gasteiger partial charge in [-0.05, 0) is 6.92 Å². The van der Waals surface area contributed by atoms with Crippen LogP contribution in [0, 0.1) is 0 Å². The number of alkyl halides is 1. The molecule has 0 amide bonds. The summed E-state index contributed by atoms with van der Waals surface area (Å²) in [6.45, 7) is 4.30. The van der Waals surface area contributed by atoms with E-state index in [1.165, 1.54) is 13.1 Å². The number of nitrogens with zero attached hydrogens (tertiary/aromatic N) is 3. The summed E-state index contributed by atoms with van der Waals surface area (Å²) in [7, 11) is 1.66. The third-order valence-corrected chi connectivity index (χ3v) is 5.19. The lowest BCUT2D eigenvalue weighted by Gasteiger charge is -2.29. The van der Waals surface area contributed by atoms with Crippen molar-refractivity contribution < 1.29 is 28.2 Å². The molecule has 0 spiro atoms. The summed E-state index contributed by atoms with van der Waals surface area (Å²) in [6.07, 6.45) is -1.59. The standard InChI is InChI=1S/C19H26FN5O5/c1-5-11(26)28-8-10-16(30-12(27)6-2)19(3,20)15(29-10)9-7-23-14-13(9)24-18(21)25-17(14)22-4/h7,9-10,15-16H,5-6,8H2,1-4H3,(H3,21,22,24,25)/t9?,10-,15+,16-,19+/m1/s1. The number of hydrogen-bond donors (Lipinski definition) is 2. The van der Waals surface area contributed by atoms with Crippen molar-refractivity contribution in [3.63, 3.8) is 0 Å². The predicted molar refractivity (Wildman–Crippen MR) is 106 cm³/mol. The number of hydrogen-bond acceptors (Lipinski definition) is 10. The molecule has 0 aliphatic carbocycles. The fourth-order valence-electron chi connectivity index (χ4n) is 3.64. The van der Waals surface area contributed by atoms with Crippen molar-refractivity contribution in [1.29, 1.82) is 0 Å². The summed E-state index contributed by atoms with van der Waals surface area (Å²) >= 11 is 0. The van der Waals surface area contributed by atoms with Crippen molar-refractivity contribution in [3.8, 4) is 0 Å². The lowest BCUT2D eigenvalue weighted by Crippen LogP contribution is -2.47. The Hall–Kier alpha value is -2.82. The zero-order chi connectivity index (χ0) is 22.1. The van der Waals surface area contributed by atoms with Gasteiger partial charge in [-0.1, -0.05) is 13.8 Å². The van der Waals surface area contributed by atoms with Crippen LogP contribution in [0.4, 0.5) is 21.8 Å². The highest BCUT2D eigenvalue weighted by Crippen LogP contribution is 2.47. The van der Waals surface area contributed by atoms with Gasteiger partial charge in [-0.25, -0.2) is 9.37 Å². The number of fused-ring (bicyclic) bond motifs is 1. The smallest absolute Gasteiger partial charge is 0.305 e. The van der Waals surface area contributed by atoms with Gasteiger partial charge in [-0.15, -0.1) is 0 Å². The van der Waals surface area contributed by atoms with Crippen molar-refractivity contribution in [2.45, 2.75) is 63.5 Å². The summed E-state index contributed by atoms with van der Waals surface area (Å²) in [5.74, 6) is -1.31. The van der Waals surface area contributed by atoms with Crippen LogP contribution in [0.3, 0.4) is 0 Å². The Labute approximate surface area is 173 Å². The average molecular weight is 423 g/mol.